The lowest BCUT2D eigenvalue weighted by molar-refractivity contribution is -0.121. The number of hydrogen-bond acceptors (Lipinski definition) is 5. The second kappa shape index (κ2) is 7.40. The molecule has 0 aromatic heterocycles. The van der Waals surface area contributed by atoms with Crippen molar-refractivity contribution in [2.45, 2.75) is 13.0 Å². The van der Waals surface area contributed by atoms with Crippen molar-refractivity contribution in [1.29, 1.82) is 0 Å². The summed E-state index contributed by atoms with van der Waals surface area (Å²) in [7, 11) is 0. The van der Waals surface area contributed by atoms with E-state index in [-0.39, 0.29) is 18.6 Å². The van der Waals surface area contributed by atoms with Gasteiger partial charge in [-0.1, -0.05) is 0 Å². The lowest BCUT2D eigenvalue weighted by atomic mass is 10.2. The first kappa shape index (κ1) is 15.8. The van der Waals surface area contributed by atoms with Crippen LogP contribution in [-0.4, -0.2) is 66.2 Å². The first-order valence-electron chi connectivity index (χ1n) is 7.34. The van der Waals surface area contributed by atoms with Gasteiger partial charge in [-0.3, -0.25) is 14.6 Å². The van der Waals surface area contributed by atoms with E-state index in [1.807, 2.05) is 6.92 Å². The lowest BCUT2D eigenvalue weighted by Gasteiger charge is -2.37. The smallest absolute Gasteiger partial charge is 0.241 e. The molecule has 6 nitrogen and oxygen atoms in total. The number of rotatable bonds is 5. The minimum Gasteiger partial charge on any atom is -0.399 e. The van der Waals surface area contributed by atoms with E-state index < -0.39 is 0 Å². The minimum atomic E-state index is -0.168. The van der Waals surface area contributed by atoms with Gasteiger partial charge in [0.25, 0.3) is 0 Å². The van der Waals surface area contributed by atoms with Crippen LogP contribution >= 0.6 is 0 Å². The molecule has 1 atom stereocenters. The molecule has 21 heavy (non-hydrogen) atoms. The summed E-state index contributed by atoms with van der Waals surface area (Å²) < 4.78 is 0. The molecule has 1 heterocycles. The molecule has 0 saturated carbocycles. The zero-order valence-electron chi connectivity index (χ0n) is 12.5. The SMILES string of the molecule is CC(C(=O)Nc1ccc(N)cc1)N1CCN(CCO)CC1. The average Bonchev–Trinajstić information content (AvgIpc) is 2.50. The Balaban J connectivity index is 1.84. The summed E-state index contributed by atoms with van der Waals surface area (Å²) in [6.07, 6.45) is 0. The summed E-state index contributed by atoms with van der Waals surface area (Å²) in [4.78, 5) is 16.6. The third-order valence-corrected chi connectivity index (χ3v) is 3.93. The fourth-order valence-electron chi connectivity index (χ4n) is 2.49. The maximum absolute atomic E-state index is 12.3. The summed E-state index contributed by atoms with van der Waals surface area (Å²) in [5.41, 5.74) is 7.07. The van der Waals surface area contributed by atoms with Crippen LogP contribution in [0.15, 0.2) is 24.3 Å². The Hall–Kier alpha value is -1.63. The Morgan fingerprint density at radius 2 is 1.90 bits per heavy atom. The number of piperazine rings is 1. The van der Waals surface area contributed by atoms with Crippen molar-refractivity contribution in [3.8, 4) is 0 Å². The quantitative estimate of drug-likeness (QED) is 0.676. The highest BCUT2D eigenvalue weighted by Gasteiger charge is 2.25. The van der Waals surface area contributed by atoms with E-state index in [2.05, 4.69) is 15.1 Å². The van der Waals surface area contributed by atoms with Gasteiger partial charge in [-0.2, -0.15) is 0 Å². The number of amides is 1. The van der Waals surface area contributed by atoms with Gasteiger partial charge < -0.3 is 16.2 Å². The van der Waals surface area contributed by atoms with Gasteiger partial charge in [0.05, 0.1) is 12.6 Å². The molecular weight excluding hydrogens is 268 g/mol. The number of hydrogen-bond donors (Lipinski definition) is 3. The molecule has 1 fully saturated rings. The highest BCUT2D eigenvalue weighted by Crippen LogP contribution is 2.13. The van der Waals surface area contributed by atoms with Gasteiger partial charge in [0.2, 0.25) is 5.91 Å². The third-order valence-electron chi connectivity index (χ3n) is 3.93. The molecule has 1 amide bonds. The monoisotopic (exact) mass is 292 g/mol. The van der Waals surface area contributed by atoms with Crippen molar-refractivity contribution < 1.29 is 9.90 Å². The number of carbonyl (C=O) groups is 1. The lowest BCUT2D eigenvalue weighted by Crippen LogP contribution is -2.53. The van der Waals surface area contributed by atoms with Gasteiger partial charge in [0.1, 0.15) is 0 Å². The molecular formula is C15H24N4O2. The summed E-state index contributed by atoms with van der Waals surface area (Å²) in [5, 5.41) is 11.8. The Labute approximate surface area is 125 Å². The van der Waals surface area contributed by atoms with Crippen LogP contribution in [0.4, 0.5) is 11.4 Å². The molecule has 0 spiro atoms. The molecule has 0 bridgehead atoms. The van der Waals surface area contributed by atoms with Crippen molar-refractivity contribution in [3.05, 3.63) is 24.3 Å². The molecule has 4 N–H and O–H groups in total. The van der Waals surface area contributed by atoms with Gasteiger partial charge in [-0.15, -0.1) is 0 Å². The number of anilines is 2. The van der Waals surface area contributed by atoms with E-state index in [0.29, 0.717) is 12.2 Å². The molecule has 1 unspecified atom stereocenters. The number of β-amino-alcohol motifs (C(OH)–C–C–N with tert-alkyl or cyclic N) is 1. The number of aliphatic hydroxyl groups excluding tert-OH is 1. The zero-order valence-corrected chi connectivity index (χ0v) is 12.5. The summed E-state index contributed by atoms with van der Waals surface area (Å²) in [5.74, 6) is -0.00428. The van der Waals surface area contributed by atoms with Crippen molar-refractivity contribution >= 4 is 17.3 Å². The summed E-state index contributed by atoms with van der Waals surface area (Å²) in [6.45, 7) is 6.29. The van der Waals surface area contributed by atoms with E-state index >= 15 is 0 Å². The van der Waals surface area contributed by atoms with Crippen LogP contribution in [-0.2, 0) is 4.79 Å². The first-order valence-corrected chi connectivity index (χ1v) is 7.34. The number of benzene rings is 1. The Morgan fingerprint density at radius 3 is 2.48 bits per heavy atom. The number of aliphatic hydroxyl groups is 1. The molecule has 1 aromatic carbocycles. The average molecular weight is 292 g/mol. The van der Waals surface area contributed by atoms with E-state index in [1.165, 1.54) is 0 Å². The molecule has 1 aliphatic heterocycles. The van der Waals surface area contributed by atoms with E-state index in [4.69, 9.17) is 10.8 Å². The summed E-state index contributed by atoms with van der Waals surface area (Å²) in [6, 6.07) is 6.99. The maximum Gasteiger partial charge on any atom is 0.241 e. The second-order valence-corrected chi connectivity index (χ2v) is 5.39. The van der Waals surface area contributed by atoms with Crippen LogP contribution in [0, 0.1) is 0 Å². The molecule has 1 aliphatic rings. The Bertz CT molecular complexity index is 455. The predicted molar refractivity (Wildman–Crippen MR) is 84.0 cm³/mol. The maximum atomic E-state index is 12.3. The Morgan fingerprint density at radius 1 is 1.29 bits per heavy atom. The molecule has 1 saturated heterocycles. The van der Waals surface area contributed by atoms with Crippen LogP contribution in [0.3, 0.4) is 0 Å². The first-order chi connectivity index (χ1) is 10.1. The molecule has 2 rings (SSSR count). The molecule has 0 radical (unpaired) electrons. The molecule has 1 aromatic rings. The highest BCUT2D eigenvalue weighted by molar-refractivity contribution is 5.94. The van der Waals surface area contributed by atoms with Crippen LogP contribution in [0.25, 0.3) is 0 Å². The van der Waals surface area contributed by atoms with Crippen molar-refractivity contribution in [1.82, 2.24) is 9.80 Å². The second-order valence-electron chi connectivity index (χ2n) is 5.39. The largest absolute Gasteiger partial charge is 0.399 e. The van der Waals surface area contributed by atoms with Gasteiger partial charge in [-0.25, -0.2) is 0 Å². The van der Waals surface area contributed by atoms with Gasteiger partial charge >= 0.3 is 0 Å². The number of nitrogens with one attached hydrogen (secondary N) is 1. The van der Waals surface area contributed by atoms with Crippen molar-refractivity contribution in [3.63, 3.8) is 0 Å². The summed E-state index contributed by atoms with van der Waals surface area (Å²) >= 11 is 0. The number of carbonyl (C=O) groups excluding carboxylic acids is 1. The van der Waals surface area contributed by atoms with Crippen LogP contribution in [0.1, 0.15) is 6.92 Å². The normalized spacial score (nSPS) is 18.4. The predicted octanol–water partition coefficient (Wildman–Crippen LogP) is 0.206. The zero-order chi connectivity index (χ0) is 15.2. The van der Waals surface area contributed by atoms with Crippen LogP contribution in [0.5, 0.6) is 0 Å². The van der Waals surface area contributed by atoms with Gasteiger partial charge in [-0.05, 0) is 31.2 Å². The topological polar surface area (TPSA) is 81.8 Å². The van der Waals surface area contributed by atoms with Crippen LogP contribution < -0.4 is 11.1 Å². The fraction of sp³-hybridized carbons (Fsp3) is 0.533. The molecule has 116 valence electrons. The van der Waals surface area contributed by atoms with Crippen LogP contribution in [0.2, 0.25) is 0 Å². The van der Waals surface area contributed by atoms with Crippen molar-refractivity contribution in [2.75, 3.05) is 50.4 Å². The third kappa shape index (κ3) is 4.42. The molecule has 6 heteroatoms. The molecule has 0 aliphatic carbocycles. The standard InChI is InChI=1S/C15H24N4O2/c1-12(19-8-6-18(7-9-19)10-11-20)15(21)17-14-4-2-13(16)3-5-14/h2-5,12,20H,6-11,16H2,1H3,(H,17,21). The Kier molecular flexibility index (Phi) is 5.55. The van der Waals surface area contributed by atoms with Gasteiger partial charge in [0.15, 0.2) is 0 Å². The fourth-order valence-corrected chi connectivity index (χ4v) is 2.49. The number of nitrogens with zero attached hydrogens (tertiary/aromatic N) is 2. The van der Waals surface area contributed by atoms with E-state index in [1.54, 1.807) is 24.3 Å². The highest BCUT2D eigenvalue weighted by atomic mass is 16.3. The minimum absolute atomic E-state index is 0.00428. The van der Waals surface area contributed by atoms with E-state index in [0.717, 1.165) is 31.9 Å². The number of nitrogens with two attached hydrogens (primary N) is 1. The van der Waals surface area contributed by atoms with Crippen molar-refractivity contribution in [2.24, 2.45) is 0 Å². The van der Waals surface area contributed by atoms with E-state index in [9.17, 15) is 4.79 Å². The number of nitrogen functional groups attached to an aromatic ring is 1. The van der Waals surface area contributed by atoms with Gasteiger partial charge in [0, 0.05) is 44.1 Å².